The maximum Gasteiger partial charge on any atom is 0.329 e. The van der Waals surface area contributed by atoms with Gasteiger partial charge in [0.25, 0.3) is 15.9 Å². The molecule has 1 heterocycles. The smallest absolute Gasteiger partial charge is 0.329 e. The lowest BCUT2D eigenvalue weighted by atomic mass is 10.1. The predicted octanol–water partition coefficient (Wildman–Crippen LogP) is 2.04. The van der Waals surface area contributed by atoms with Crippen molar-refractivity contribution in [2.45, 2.75) is 43.6 Å². The lowest BCUT2D eigenvalue weighted by Crippen LogP contribution is -2.31. The van der Waals surface area contributed by atoms with Gasteiger partial charge in [-0.25, -0.2) is 27.9 Å². The van der Waals surface area contributed by atoms with E-state index in [1.54, 1.807) is 12.1 Å². The molecule has 2 amide bonds. The summed E-state index contributed by atoms with van der Waals surface area (Å²) in [5.41, 5.74) is 2.00. The topological polar surface area (TPSA) is 251 Å². The summed E-state index contributed by atoms with van der Waals surface area (Å²) >= 11 is 0. The standard InChI is InChI=1S/C36H47N5O13S/c42-32(37-14-16-50-19-21-53-26-34(45)46)25-52-20-18-51-17-15-38-35(47)29-22-39-36(40-23-29)41-55(48,49)31-12-8-28(9-13-31)24-54-30-10-6-27(7-11-30)4-2-1-3-5-33(43)44/h6-13,22-23H,1-5,14-21,24-26H2,(H,37,42)(H,38,47)(H,43,44)(H,45,46)(H,39,40,41). The number of aryl methyl sites for hydroxylation is 1. The third-order valence-electron chi connectivity index (χ3n) is 7.36. The monoisotopic (exact) mass is 789 g/mol. The second-order valence-corrected chi connectivity index (χ2v) is 13.4. The van der Waals surface area contributed by atoms with Gasteiger partial charge in [0.05, 0.1) is 50.1 Å². The van der Waals surface area contributed by atoms with Gasteiger partial charge in [-0.3, -0.25) is 14.4 Å². The Morgan fingerprint density at radius 3 is 1.89 bits per heavy atom. The van der Waals surface area contributed by atoms with Gasteiger partial charge in [0, 0.05) is 31.9 Å². The van der Waals surface area contributed by atoms with E-state index in [0.717, 1.165) is 30.4 Å². The highest BCUT2D eigenvalue weighted by atomic mass is 32.2. The first-order chi connectivity index (χ1) is 26.5. The van der Waals surface area contributed by atoms with Gasteiger partial charge in [0.1, 0.15) is 25.6 Å². The number of carboxylic acid groups (broad SMARTS) is 2. The minimum Gasteiger partial charge on any atom is -0.489 e. The molecule has 0 saturated heterocycles. The minimum atomic E-state index is -4.01. The van der Waals surface area contributed by atoms with Crippen LogP contribution in [0.5, 0.6) is 5.75 Å². The molecular formula is C36H47N5O13S. The Labute approximate surface area is 318 Å². The first kappa shape index (κ1) is 44.2. The normalized spacial score (nSPS) is 11.1. The molecule has 0 fully saturated rings. The molecule has 300 valence electrons. The molecule has 55 heavy (non-hydrogen) atoms. The number of nitrogens with zero attached hydrogens (tertiary/aromatic N) is 2. The van der Waals surface area contributed by atoms with Crippen LogP contribution in [-0.2, 0) is 56.4 Å². The highest BCUT2D eigenvalue weighted by Gasteiger charge is 2.16. The fraction of sp³-hybridized carbons (Fsp3) is 0.444. The van der Waals surface area contributed by atoms with Crippen molar-refractivity contribution in [3.8, 4) is 5.75 Å². The van der Waals surface area contributed by atoms with Crippen molar-refractivity contribution in [2.24, 2.45) is 0 Å². The number of hydrogen-bond donors (Lipinski definition) is 5. The van der Waals surface area contributed by atoms with Crippen molar-refractivity contribution >= 4 is 39.7 Å². The van der Waals surface area contributed by atoms with E-state index in [1.165, 1.54) is 24.5 Å². The fourth-order valence-corrected chi connectivity index (χ4v) is 5.52. The molecule has 0 spiro atoms. The third kappa shape index (κ3) is 19.1. The van der Waals surface area contributed by atoms with E-state index in [4.69, 9.17) is 33.9 Å². The zero-order valence-electron chi connectivity index (χ0n) is 30.3. The van der Waals surface area contributed by atoms with Crippen LogP contribution in [0.25, 0.3) is 0 Å². The van der Waals surface area contributed by atoms with Crippen molar-refractivity contribution in [3.05, 3.63) is 77.6 Å². The van der Waals surface area contributed by atoms with Gasteiger partial charge in [-0.15, -0.1) is 0 Å². The molecule has 0 saturated carbocycles. The number of sulfonamides is 1. The van der Waals surface area contributed by atoms with Crippen LogP contribution >= 0.6 is 0 Å². The summed E-state index contributed by atoms with van der Waals surface area (Å²) in [7, 11) is -4.01. The average molecular weight is 790 g/mol. The summed E-state index contributed by atoms with van der Waals surface area (Å²) in [4.78, 5) is 53.0. The van der Waals surface area contributed by atoms with E-state index < -0.39 is 34.5 Å². The Morgan fingerprint density at radius 1 is 0.655 bits per heavy atom. The highest BCUT2D eigenvalue weighted by molar-refractivity contribution is 7.92. The number of nitrogens with one attached hydrogen (secondary N) is 3. The Balaban J connectivity index is 1.26. The van der Waals surface area contributed by atoms with Crippen LogP contribution in [0.3, 0.4) is 0 Å². The third-order valence-corrected chi connectivity index (χ3v) is 8.71. The number of benzene rings is 2. The van der Waals surface area contributed by atoms with Gasteiger partial charge in [0.15, 0.2) is 0 Å². The number of carbonyl (C=O) groups is 4. The molecule has 0 radical (unpaired) electrons. The average Bonchev–Trinajstić information content (AvgIpc) is 3.16. The van der Waals surface area contributed by atoms with Crippen LogP contribution in [0.15, 0.2) is 65.8 Å². The molecule has 0 aliphatic heterocycles. The van der Waals surface area contributed by atoms with E-state index in [9.17, 15) is 27.6 Å². The Morgan fingerprint density at radius 2 is 1.25 bits per heavy atom. The van der Waals surface area contributed by atoms with Gasteiger partial charge in [-0.05, 0) is 54.7 Å². The largest absolute Gasteiger partial charge is 0.489 e. The van der Waals surface area contributed by atoms with Crippen LogP contribution in [0.2, 0.25) is 0 Å². The lowest BCUT2D eigenvalue weighted by Gasteiger charge is -2.10. The van der Waals surface area contributed by atoms with Crippen molar-refractivity contribution in [1.29, 1.82) is 0 Å². The molecule has 19 heteroatoms. The number of unbranched alkanes of at least 4 members (excludes halogenated alkanes) is 2. The summed E-state index contributed by atoms with van der Waals surface area (Å²) in [6.45, 7) is 1.18. The quantitative estimate of drug-likeness (QED) is 0.0632. The molecule has 0 aliphatic rings. The molecule has 0 atom stereocenters. The van der Waals surface area contributed by atoms with Crippen molar-refractivity contribution in [3.63, 3.8) is 0 Å². The first-order valence-corrected chi connectivity index (χ1v) is 18.9. The second kappa shape index (κ2) is 25.0. The van der Waals surface area contributed by atoms with E-state index in [-0.39, 0.29) is 94.7 Å². The second-order valence-electron chi connectivity index (χ2n) is 11.8. The van der Waals surface area contributed by atoms with E-state index in [2.05, 4.69) is 25.3 Å². The number of amides is 2. The Kier molecular flexibility index (Phi) is 20.1. The summed E-state index contributed by atoms with van der Waals surface area (Å²) in [6, 6.07) is 13.8. The van der Waals surface area contributed by atoms with E-state index >= 15 is 0 Å². The van der Waals surface area contributed by atoms with Crippen molar-refractivity contribution in [1.82, 2.24) is 20.6 Å². The van der Waals surface area contributed by atoms with Crippen LogP contribution in [-0.4, -0.2) is 118 Å². The molecule has 18 nitrogen and oxygen atoms in total. The number of carboxylic acids is 2. The summed E-state index contributed by atoms with van der Waals surface area (Å²) in [5.74, 6) is -2.20. The van der Waals surface area contributed by atoms with Crippen LogP contribution in [0, 0.1) is 0 Å². The molecular weight excluding hydrogens is 742 g/mol. The van der Waals surface area contributed by atoms with Crippen LogP contribution in [0.1, 0.15) is 47.2 Å². The van der Waals surface area contributed by atoms with Gasteiger partial charge in [-0.1, -0.05) is 30.7 Å². The van der Waals surface area contributed by atoms with Crippen molar-refractivity contribution in [2.75, 3.05) is 70.7 Å². The number of rotatable bonds is 29. The molecule has 3 aromatic rings. The molecule has 0 unspecified atom stereocenters. The lowest BCUT2D eigenvalue weighted by molar-refractivity contribution is -0.143. The summed E-state index contributed by atoms with van der Waals surface area (Å²) in [5, 5.41) is 22.4. The van der Waals surface area contributed by atoms with E-state index in [1.807, 2.05) is 24.3 Å². The Hall–Kier alpha value is -5.21. The number of hydrogen-bond acceptors (Lipinski definition) is 13. The molecule has 0 aliphatic carbocycles. The molecule has 1 aromatic heterocycles. The molecule has 2 aromatic carbocycles. The number of anilines is 1. The highest BCUT2D eigenvalue weighted by Crippen LogP contribution is 2.18. The number of carbonyl (C=O) groups excluding carboxylic acids is 2. The maximum atomic E-state index is 12.9. The number of aliphatic carboxylic acids is 2. The maximum absolute atomic E-state index is 12.9. The SMILES string of the molecule is O=C(O)CCCCCc1ccc(OCc2ccc(S(=O)(=O)Nc3ncc(C(=O)NCCOCCOCC(=O)NCCOCCOCC(=O)O)cn3)cc2)cc1. The predicted molar refractivity (Wildman–Crippen MR) is 196 cm³/mol. The minimum absolute atomic E-state index is 0.0101. The Bertz CT molecular complexity index is 1730. The van der Waals surface area contributed by atoms with Crippen molar-refractivity contribution < 1.29 is 61.5 Å². The summed E-state index contributed by atoms with van der Waals surface area (Å²) < 4.78 is 54.5. The molecule has 5 N–H and O–H groups in total. The van der Waals surface area contributed by atoms with Gasteiger partial charge >= 0.3 is 11.9 Å². The zero-order valence-corrected chi connectivity index (χ0v) is 31.1. The summed E-state index contributed by atoms with van der Waals surface area (Å²) in [6.07, 6.45) is 5.86. The number of aromatic nitrogens is 2. The fourth-order valence-electron chi connectivity index (χ4n) is 4.56. The van der Waals surface area contributed by atoms with Gasteiger partial charge in [-0.2, -0.15) is 0 Å². The molecule has 3 rings (SSSR count). The van der Waals surface area contributed by atoms with E-state index in [0.29, 0.717) is 12.2 Å². The van der Waals surface area contributed by atoms with Crippen LogP contribution in [0.4, 0.5) is 5.95 Å². The number of ether oxygens (including phenoxy) is 5. The first-order valence-electron chi connectivity index (χ1n) is 17.5. The van der Waals surface area contributed by atoms with Gasteiger partial charge in [0.2, 0.25) is 11.9 Å². The van der Waals surface area contributed by atoms with Gasteiger partial charge < -0.3 is 44.5 Å². The van der Waals surface area contributed by atoms with Crippen LogP contribution < -0.4 is 20.1 Å². The molecule has 0 bridgehead atoms. The zero-order chi connectivity index (χ0) is 39.7.